The molecule has 5 rings (SSSR count). The average molecular weight is 612 g/mol. The fourth-order valence-corrected chi connectivity index (χ4v) is 6.16. The number of nitrogens with one attached hydrogen (secondary N) is 1. The summed E-state index contributed by atoms with van der Waals surface area (Å²) in [4.78, 5) is 17.8. The number of carboxylic acids is 1. The number of aromatic carboxylic acids is 1. The summed E-state index contributed by atoms with van der Waals surface area (Å²) >= 11 is 6.02. The van der Waals surface area contributed by atoms with Gasteiger partial charge in [0, 0.05) is 37.1 Å². The molecule has 9 heteroatoms. The first-order chi connectivity index (χ1) is 20.8. The summed E-state index contributed by atoms with van der Waals surface area (Å²) in [5.74, 6) is -0.991. The first-order valence-electron chi connectivity index (χ1n) is 13.6. The Kier molecular flexibility index (Phi) is 9.64. The van der Waals surface area contributed by atoms with Gasteiger partial charge in [-0.05, 0) is 70.3 Å². The van der Waals surface area contributed by atoms with Crippen molar-refractivity contribution >= 4 is 27.6 Å². The van der Waals surface area contributed by atoms with Crippen molar-refractivity contribution in [1.82, 2.24) is 14.6 Å². The summed E-state index contributed by atoms with van der Waals surface area (Å²) in [6, 6.07) is 33.8. The Morgan fingerprint density at radius 2 is 1.44 bits per heavy atom. The third kappa shape index (κ3) is 8.15. The van der Waals surface area contributed by atoms with Crippen molar-refractivity contribution in [1.29, 1.82) is 0 Å². The molecule has 0 amide bonds. The molecule has 218 valence electrons. The third-order valence-electron chi connectivity index (χ3n) is 7.02. The summed E-state index contributed by atoms with van der Waals surface area (Å²) in [5.41, 5.74) is 4.95. The molecule has 4 aromatic carbocycles. The van der Waals surface area contributed by atoms with E-state index in [9.17, 15) is 18.3 Å². The molecule has 0 aliphatic heterocycles. The van der Waals surface area contributed by atoms with Gasteiger partial charge in [-0.2, -0.15) is 0 Å². The van der Waals surface area contributed by atoms with Gasteiger partial charge in [-0.1, -0.05) is 84.4 Å². The van der Waals surface area contributed by atoms with Crippen LogP contribution < -0.4 is 4.72 Å². The van der Waals surface area contributed by atoms with Crippen molar-refractivity contribution in [3.8, 4) is 11.1 Å². The van der Waals surface area contributed by atoms with Crippen LogP contribution in [0, 0.1) is 0 Å². The van der Waals surface area contributed by atoms with Gasteiger partial charge in [-0.15, -0.1) is 0 Å². The molecule has 1 atom stereocenters. The Bertz CT molecular complexity index is 1750. The molecule has 0 aliphatic rings. The summed E-state index contributed by atoms with van der Waals surface area (Å²) in [5, 5.41) is 9.76. The number of pyridine rings is 1. The van der Waals surface area contributed by atoms with E-state index in [1.165, 1.54) is 12.1 Å². The molecule has 0 saturated carbocycles. The predicted octanol–water partition coefficient (Wildman–Crippen LogP) is 6.82. The minimum atomic E-state index is -3.91. The van der Waals surface area contributed by atoms with E-state index in [4.69, 9.17) is 11.6 Å². The zero-order valence-corrected chi connectivity index (χ0v) is 24.7. The summed E-state index contributed by atoms with van der Waals surface area (Å²) in [7, 11) is -3.91. The molecule has 0 saturated heterocycles. The van der Waals surface area contributed by atoms with Gasteiger partial charge < -0.3 is 5.11 Å². The number of rotatable bonds is 12. The highest BCUT2D eigenvalue weighted by molar-refractivity contribution is 7.89. The van der Waals surface area contributed by atoms with Crippen LogP contribution in [0.4, 0.5) is 0 Å². The lowest BCUT2D eigenvalue weighted by Gasteiger charge is -2.29. The van der Waals surface area contributed by atoms with Crippen LogP contribution >= 0.6 is 11.6 Å². The topological polar surface area (TPSA) is 99.6 Å². The normalized spacial score (nSPS) is 12.2. The van der Waals surface area contributed by atoms with Gasteiger partial charge in [0.1, 0.15) is 0 Å². The molecule has 2 N–H and O–H groups in total. The van der Waals surface area contributed by atoms with Crippen molar-refractivity contribution < 1.29 is 18.3 Å². The molecule has 0 spiro atoms. The molecular weight excluding hydrogens is 582 g/mol. The fraction of sp³-hybridized carbons (Fsp3) is 0.118. The number of carbonyl (C=O) groups is 1. The molecule has 43 heavy (non-hydrogen) atoms. The Morgan fingerprint density at radius 3 is 2.07 bits per heavy atom. The maximum absolute atomic E-state index is 13.6. The molecule has 5 aromatic rings. The van der Waals surface area contributed by atoms with E-state index in [2.05, 4.69) is 14.6 Å². The highest BCUT2D eigenvalue weighted by Crippen LogP contribution is 2.26. The monoisotopic (exact) mass is 611 g/mol. The molecule has 0 fully saturated rings. The van der Waals surface area contributed by atoms with Crippen LogP contribution in [0.15, 0.2) is 133 Å². The molecule has 1 aromatic heterocycles. The van der Waals surface area contributed by atoms with Gasteiger partial charge in [-0.3, -0.25) is 9.88 Å². The first-order valence-corrected chi connectivity index (χ1v) is 15.5. The van der Waals surface area contributed by atoms with E-state index in [-0.39, 0.29) is 10.5 Å². The first kappa shape index (κ1) is 30.1. The molecule has 0 bridgehead atoms. The Labute approximate surface area is 256 Å². The van der Waals surface area contributed by atoms with Crippen LogP contribution in [-0.4, -0.2) is 35.9 Å². The molecule has 7 nitrogen and oxygen atoms in total. The summed E-state index contributed by atoms with van der Waals surface area (Å²) < 4.78 is 30.1. The summed E-state index contributed by atoms with van der Waals surface area (Å²) in [6.45, 7) is 1.28. The fourth-order valence-electron chi connectivity index (χ4n) is 4.82. The molecule has 0 radical (unpaired) electrons. The highest BCUT2D eigenvalue weighted by Gasteiger charge is 2.24. The zero-order valence-electron chi connectivity index (χ0n) is 23.2. The minimum absolute atomic E-state index is 0.117. The number of halogens is 1. The van der Waals surface area contributed by atoms with Gasteiger partial charge >= 0.3 is 5.97 Å². The van der Waals surface area contributed by atoms with E-state index < -0.39 is 22.0 Å². The van der Waals surface area contributed by atoms with E-state index in [0.29, 0.717) is 24.7 Å². The second kappa shape index (κ2) is 13.8. The van der Waals surface area contributed by atoms with E-state index in [0.717, 1.165) is 27.8 Å². The number of carboxylic acid groups (broad SMARTS) is 1. The van der Waals surface area contributed by atoms with Crippen molar-refractivity contribution in [3.05, 3.63) is 155 Å². The van der Waals surface area contributed by atoms with Crippen LogP contribution in [0.2, 0.25) is 5.02 Å². The van der Waals surface area contributed by atoms with Gasteiger partial charge in [0.05, 0.1) is 16.5 Å². The van der Waals surface area contributed by atoms with Gasteiger partial charge in [0.15, 0.2) is 0 Å². The smallest absolute Gasteiger partial charge is 0.335 e. The van der Waals surface area contributed by atoms with Crippen LogP contribution in [0.1, 0.15) is 33.1 Å². The lowest BCUT2D eigenvalue weighted by molar-refractivity contribution is 0.0697. The van der Waals surface area contributed by atoms with E-state index in [1.54, 1.807) is 48.8 Å². The molecule has 0 aliphatic carbocycles. The average Bonchev–Trinajstić information content (AvgIpc) is 3.02. The number of sulfonamides is 1. The Balaban J connectivity index is 1.48. The van der Waals surface area contributed by atoms with Crippen LogP contribution in [0.5, 0.6) is 0 Å². The predicted molar refractivity (Wildman–Crippen MR) is 168 cm³/mol. The molecule has 1 heterocycles. The zero-order chi connectivity index (χ0) is 30.2. The van der Waals surface area contributed by atoms with Gasteiger partial charge in [0.2, 0.25) is 10.0 Å². The van der Waals surface area contributed by atoms with Crippen molar-refractivity contribution in [3.63, 3.8) is 0 Å². The second-order valence-electron chi connectivity index (χ2n) is 10.1. The van der Waals surface area contributed by atoms with Gasteiger partial charge in [0.25, 0.3) is 0 Å². The minimum Gasteiger partial charge on any atom is -0.478 e. The van der Waals surface area contributed by atoms with Crippen LogP contribution in [-0.2, 0) is 23.1 Å². The molecular formula is C34H30ClN3O4S. The molecule has 1 unspecified atom stereocenters. The number of nitrogens with zero attached hydrogens (tertiary/aromatic N) is 2. The third-order valence-corrected chi connectivity index (χ3v) is 8.76. The standard InChI is InChI=1S/C34H30ClN3O4S/c35-31-16-18-32(19-17-31)43(41,42)37-33(29-14-12-28(13-15-29)27-6-2-1-3-7-27)24-38(23-26-5-4-20-36-21-26)22-25-8-10-30(11-9-25)34(39)40/h1-21,33,37H,22-24H2,(H,39,40). The van der Waals surface area contributed by atoms with Crippen molar-refractivity contribution in [2.45, 2.75) is 24.0 Å². The number of benzene rings is 4. The van der Waals surface area contributed by atoms with Crippen molar-refractivity contribution in [2.24, 2.45) is 0 Å². The van der Waals surface area contributed by atoms with Crippen molar-refractivity contribution in [2.75, 3.05) is 6.54 Å². The number of aromatic nitrogens is 1. The van der Waals surface area contributed by atoms with E-state index in [1.807, 2.05) is 66.7 Å². The number of hydrogen-bond donors (Lipinski definition) is 2. The number of hydrogen-bond acceptors (Lipinski definition) is 5. The highest BCUT2D eigenvalue weighted by atomic mass is 35.5. The van der Waals surface area contributed by atoms with Crippen LogP contribution in [0.3, 0.4) is 0 Å². The lowest BCUT2D eigenvalue weighted by Crippen LogP contribution is -2.37. The quantitative estimate of drug-likeness (QED) is 0.161. The van der Waals surface area contributed by atoms with Crippen LogP contribution in [0.25, 0.3) is 11.1 Å². The maximum Gasteiger partial charge on any atom is 0.335 e. The lowest BCUT2D eigenvalue weighted by atomic mass is 10.0. The Hall–Kier alpha value is -4.34. The SMILES string of the molecule is O=C(O)c1ccc(CN(Cc2cccnc2)CC(NS(=O)(=O)c2ccc(Cl)cc2)c2ccc(-c3ccccc3)cc2)cc1. The van der Waals surface area contributed by atoms with Gasteiger partial charge in [-0.25, -0.2) is 17.9 Å². The second-order valence-corrected chi connectivity index (χ2v) is 12.3. The largest absolute Gasteiger partial charge is 0.478 e. The maximum atomic E-state index is 13.6. The Morgan fingerprint density at radius 1 is 0.791 bits per heavy atom. The summed E-state index contributed by atoms with van der Waals surface area (Å²) in [6.07, 6.45) is 3.48. The van der Waals surface area contributed by atoms with E-state index >= 15 is 0 Å².